The zero-order valence-corrected chi connectivity index (χ0v) is 17.4. The molecule has 134 valence electrons. The van der Waals surface area contributed by atoms with Crippen LogP contribution < -0.4 is 0 Å². The van der Waals surface area contributed by atoms with Crippen LogP contribution in [-0.2, 0) is 4.43 Å². The molecule has 0 N–H and O–H groups in total. The minimum Gasteiger partial charge on any atom is -0.403 e. The molecule has 0 saturated heterocycles. The van der Waals surface area contributed by atoms with Crippen LogP contribution in [0.1, 0.15) is 104 Å². The van der Waals surface area contributed by atoms with Gasteiger partial charge in [0.15, 0.2) is 0 Å². The number of hydrogen-bond donors (Lipinski definition) is 0. The maximum absolute atomic E-state index is 6.91. The highest BCUT2D eigenvalue weighted by Gasteiger charge is 2.31. The predicted molar refractivity (Wildman–Crippen MR) is 104 cm³/mol. The SMILES string of the molecule is CCCCCCCC[Si](Cl)(CCCCCCCC)OCCC. The van der Waals surface area contributed by atoms with E-state index >= 15 is 0 Å². The van der Waals surface area contributed by atoms with E-state index < -0.39 is 7.63 Å². The van der Waals surface area contributed by atoms with Gasteiger partial charge in [0.1, 0.15) is 0 Å². The second-order valence-electron chi connectivity index (χ2n) is 6.77. The Morgan fingerprint density at radius 1 is 0.591 bits per heavy atom. The Labute approximate surface area is 146 Å². The summed E-state index contributed by atoms with van der Waals surface area (Å²) in [4.78, 5) is 0. The van der Waals surface area contributed by atoms with Gasteiger partial charge in [0.05, 0.1) is 0 Å². The van der Waals surface area contributed by atoms with Crippen molar-refractivity contribution in [1.82, 2.24) is 0 Å². The van der Waals surface area contributed by atoms with E-state index in [0.717, 1.165) is 25.1 Å². The van der Waals surface area contributed by atoms with Crippen molar-refractivity contribution in [3.63, 3.8) is 0 Å². The molecule has 0 radical (unpaired) electrons. The summed E-state index contributed by atoms with van der Waals surface area (Å²) in [5, 5.41) is 0. The van der Waals surface area contributed by atoms with E-state index in [9.17, 15) is 0 Å². The highest BCUT2D eigenvalue weighted by molar-refractivity contribution is 7.16. The van der Waals surface area contributed by atoms with Crippen LogP contribution in [0.2, 0.25) is 12.1 Å². The van der Waals surface area contributed by atoms with Crippen molar-refractivity contribution >= 4 is 18.7 Å². The second kappa shape index (κ2) is 16.3. The van der Waals surface area contributed by atoms with Gasteiger partial charge in [0, 0.05) is 6.61 Å². The average molecular weight is 349 g/mol. The minimum absolute atomic E-state index is 0.862. The lowest BCUT2D eigenvalue weighted by Crippen LogP contribution is -2.32. The Morgan fingerprint density at radius 3 is 1.41 bits per heavy atom. The zero-order valence-electron chi connectivity index (χ0n) is 15.6. The van der Waals surface area contributed by atoms with Crippen LogP contribution in [0.15, 0.2) is 0 Å². The fourth-order valence-corrected chi connectivity index (χ4v) is 6.59. The topological polar surface area (TPSA) is 9.23 Å². The van der Waals surface area contributed by atoms with Crippen molar-refractivity contribution in [2.75, 3.05) is 6.61 Å². The number of rotatable bonds is 17. The molecule has 0 atom stereocenters. The second-order valence-corrected chi connectivity index (χ2v) is 11.9. The van der Waals surface area contributed by atoms with Crippen LogP contribution in [0.25, 0.3) is 0 Å². The summed E-state index contributed by atoms with van der Waals surface area (Å²) in [6.07, 6.45) is 17.3. The van der Waals surface area contributed by atoms with Crippen LogP contribution in [0.5, 0.6) is 0 Å². The van der Waals surface area contributed by atoms with Gasteiger partial charge < -0.3 is 4.43 Å². The van der Waals surface area contributed by atoms with Gasteiger partial charge in [-0.2, -0.15) is 0 Å². The summed E-state index contributed by atoms with van der Waals surface area (Å²) in [7, 11) is -1.94. The first-order chi connectivity index (χ1) is 10.7. The van der Waals surface area contributed by atoms with Gasteiger partial charge in [0.25, 0.3) is 7.63 Å². The van der Waals surface area contributed by atoms with E-state index in [1.165, 1.54) is 77.0 Å². The van der Waals surface area contributed by atoms with Crippen molar-refractivity contribution in [1.29, 1.82) is 0 Å². The molecule has 22 heavy (non-hydrogen) atoms. The normalized spacial score (nSPS) is 12.0. The highest BCUT2D eigenvalue weighted by Crippen LogP contribution is 2.28. The molecule has 1 nitrogen and oxygen atoms in total. The Bertz CT molecular complexity index is 207. The van der Waals surface area contributed by atoms with Gasteiger partial charge >= 0.3 is 0 Å². The van der Waals surface area contributed by atoms with Crippen LogP contribution in [0.3, 0.4) is 0 Å². The van der Waals surface area contributed by atoms with Crippen molar-refractivity contribution in [3.05, 3.63) is 0 Å². The van der Waals surface area contributed by atoms with Crippen LogP contribution in [0.4, 0.5) is 0 Å². The van der Waals surface area contributed by atoms with Crippen molar-refractivity contribution in [2.24, 2.45) is 0 Å². The van der Waals surface area contributed by atoms with Gasteiger partial charge in [-0.1, -0.05) is 97.8 Å². The van der Waals surface area contributed by atoms with E-state index in [0.29, 0.717) is 0 Å². The third kappa shape index (κ3) is 14.1. The molecule has 0 heterocycles. The molecular weight excluding hydrogens is 308 g/mol. The molecule has 0 bridgehead atoms. The molecule has 3 heteroatoms. The lowest BCUT2D eigenvalue weighted by molar-refractivity contribution is 0.308. The fraction of sp³-hybridized carbons (Fsp3) is 1.00. The summed E-state index contributed by atoms with van der Waals surface area (Å²) in [6, 6.07) is 2.32. The standard InChI is InChI=1S/C19H41ClOSi/c1-4-7-9-11-13-15-18-22(20,21-17-6-3)19-16-14-12-10-8-5-2/h4-19H2,1-3H3. The smallest absolute Gasteiger partial charge is 0.290 e. The third-order valence-electron chi connectivity index (χ3n) is 4.37. The van der Waals surface area contributed by atoms with Gasteiger partial charge in [0.2, 0.25) is 0 Å². The predicted octanol–water partition coefficient (Wildman–Crippen LogP) is 7.82. The average Bonchev–Trinajstić information content (AvgIpc) is 2.52. The van der Waals surface area contributed by atoms with Crippen LogP contribution in [0, 0.1) is 0 Å². The molecule has 0 aliphatic heterocycles. The molecule has 0 aromatic heterocycles. The first-order valence-corrected chi connectivity index (χ1v) is 13.3. The summed E-state index contributed by atoms with van der Waals surface area (Å²) in [6.45, 7) is 7.59. The first-order valence-electron chi connectivity index (χ1n) is 10.0. The molecule has 0 rings (SSSR count). The molecular formula is C19H41ClOSi. The van der Waals surface area contributed by atoms with Gasteiger partial charge in [-0.3, -0.25) is 0 Å². The van der Waals surface area contributed by atoms with Gasteiger partial charge in [-0.25, -0.2) is 0 Å². The summed E-state index contributed by atoms with van der Waals surface area (Å²) in [5.74, 6) is 0. The van der Waals surface area contributed by atoms with Crippen molar-refractivity contribution in [3.8, 4) is 0 Å². The number of halogens is 1. The molecule has 0 aliphatic carbocycles. The zero-order chi connectivity index (χ0) is 16.5. The van der Waals surface area contributed by atoms with Gasteiger partial charge in [-0.15, -0.1) is 11.1 Å². The summed E-state index contributed by atoms with van der Waals surface area (Å²) in [5.41, 5.74) is 0. The minimum atomic E-state index is -1.94. The monoisotopic (exact) mass is 348 g/mol. The van der Waals surface area contributed by atoms with E-state index in [1.54, 1.807) is 0 Å². The molecule has 0 saturated carbocycles. The Balaban J connectivity index is 3.84. The van der Waals surface area contributed by atoms with E-state index in [2.05, 4.69) is 20.8 Å². The molecule has 0 spiro atoms. The Morgan fingerprint density at radius 2 is 1.00 bits per heavy atom. The first kappa shape index (κ1) is 22.5. The quantitative estimate of drug-likeness (QED) is 0.148. The molecule has 0 fully saturated rings. The number of unbranched alkanes of at least 4 members (excludes halogenated alkanes) is 10. The fourth-order valence-electron chi connectivity index (χ4n) is 2.89. The highest BCUT2D eigenvalue weighted by atomic mass is 35.6. The third-order valence-corrected chi connectivity index (χ3v) is 8.76. The molecule has 0 amide bonds. The lowest BCUT2D eigenvalue weighted by Gasteiger charge is -2.24. The molecule has 0 aliphatic rings. The Kier molecular flexibility index (Phi) is 16.7. The maximum Gasteiger partial charge on any atom is 0.290 e. The van der Waals surface area contributed by atoms with E-state index in [-0.39, 0.29) is 0 Å². The van der Waals surface area contributed by atoms with Gasteiger partial charge in [-0.05, 0) is 18.5 Å². The largest absolute Gasteiger partial charge is 0.403 e. The van der Waals surface area contributed by atoms with Crippen LogP contribution >= 0.6 is 11.1 Å². The molecule has 0 aromatic rings. The number of hydrogen-bond acceptors (Lipinski definition) is 1. The maximum atomic E-state index is 6.91. The van der Waals surface area contributed by atoms with E-state index in [4.69, 9.17) is 15.5 Å². The lowest BCUT2D eigenvalue weighted by atomic mass is 10.1. The molecule has 0 unspecified atom stereocenters. The summed E-state index contributed by atoms with van der Waals surface area (Å²) < 4.78 is 6.14. The summed E-state index contributed by atoms with van der Waals surface area (Å²) >= 11 is 6.91. The van der Waals surface area contributed by atoms with Crippen molar-refractivity contribution < 1.29 is 4.43 Å². The van der Waals surface area contributed by atoms with Crippen LogP contribution in [-0.4, -0.2) is 14.2 Å². The van der Waals surface area contributed by atoms with Crippen molar-refractivity contribution in [2.45, 2.75) is 116 Å². The Hall–Kier alpha value is 0.467. The molecule has 0 aromatic carbocycles. The van der Waals surface area contributed by atoms with E-state index in [1.807, 2.05) is 0 Å².